The fourth-order valence-electron chi connectivity index (χ4n) is 3.02. The third-order valence-electron chi connectivity index (χ3n) is 4.26. The van der Waals surface area contributed by atoms with Crippen molar-refractivity contribution in [3.63, 3.8) is 0 Å². The molecule has 0 aromatic heterocycles. The molecule has 2 rings (SSSR count). The van der Waals surface area contributed by atoms with Gasteiger partial charge in [0.1, 0.15) is 11.4 Å². The first-order valence-electron chi connectivity index (χ1n) is 9.32. The number of rotatable bonds is 6. The molecule has 7 heteroatoms. The molecule has 1 amide bonds. The quantitative estimate of drug-likeness (QED) is 0.767. The number of alkyl carbamates (subject to hydrolysis) is 1. The molecule has 6 nitrogen and oxygen atoms in total. The number of likely N-dealkylation sites (tertiary alicyclic amines) is 1. The normalized spacial score (nSPS) is 17.6. The summed E-state index contributed by atoms with van der Waals surface area (Å²) in [7, 11) is 0. The Bertz CT molecular complexity index is 672. The highest BCUT2D eigenvalue weighted by atomic mass is 19.1. The predicted octanol–water partition coefficient (Wildman–Crippen LogP) is 3.35. The number of halogens is 1. The van der Waals surface area contributed by atoms with Gasteiger partial charge in [0.25, 0.3) is 0 Å². The van der Waals surface area contributed by atoms with Crippen LogP contribution in [0.15, 0.2) is 18.2 Å². The van der Waals surface area contributed by atoms with E-state index in [0.717, 1.165) is 19.5 Å². The van der Waals surface area contributed by atoms with Crippen LogP contribution in [-0.2, 0) is 16.0 Å². The van der Waals surface area contributed by atoms with E-state index in [0.29, 0.717) is 24.6 Å². The van der Waals surface area contributed by atoms with Gasteiger partial charge in [-0.05, 0) is 58.7 Å². The Morgan fingerprint density at radius 2 is 2.07 bits per heavy atom. The van der Waals surface area contributed by atoms with Crippen LogP contribution in [0.3, 0.4) is 0 Å². The summed E-state index contributed by atoms with van der Waals surface area (Å²) in [6, 6.07) is 4.45. The van der Waals surface area contributed by atoms with E-state index in [4.69, 9.17) is 9.47 Å². The Labute approximate surface area is 160 Å². The van der Waals surface area contributed by atoms with E-state index in [-0.39, 0.29) is 12.2 Å². The van der Waals surface area contributed by atoms with Crippen LogP contribution in [0.4, 0.5) is 9.18 Å². The van der Waals surface area contributed by atoms with E-state index in [1.165, 1.54) is 6.07 Å². The van der Waals surface area contributed by atoms with Crippen LogP contribution in [-0.4, -0.2) is 48.8 Å². The number of benzene rings is 1. The first kappa shape index (κ1) is 21.2. The number of hydrogen-bond acceptors (Lipinski definition) is 5. The second kappa shape index (κ2) is 9.17. The molecule has 1 aliphatic rings. The lowest BCUT2D eigenvalue weighted by Crippen LogP contribution is -2.36. The molecule has 27 heavy (non-hydrogen) atoms. The molecular formula is C20H29FN2O4. The molecule has 1 fully saturated rings. The number of esters is 1. The first-order valence-corrected chi connectivity index (χ1v) is 9.32. The van der Waals surface area contributed by atoms with E-state index in [1.54, 1.807) is 19.1 Å². The zero-order chi connectivity index (χ0) is 20.0. The van der Waals surface area contributed by atoms with E-state index >= 15 is 0 Å². The molecule has 0 bridgehead atoms. The van der Waals surface area contributed by atoms with Crippen molar-refractivity contribution >= 4 is 12.1 Å². The number of carbonyl (C=O) groups excluding carboxylic acids is 2. The summed E-state index contributed by atoms with van der Waals surface area (Å²) < 4.78 is 24.4. The minimum atomic E-state index is -0.516. The number of carbonyl (C=O) groups is 2. The lowest BCUT2D eigenvalue weighted by Gasteiger charge is -2.21. The van der Waals surface area contributed by atoms with Gasteiger partial charge in [0, 0.05) is 25.2 Å². The van der Waals surface area contributed by atoms with Gasteiger partial charge in [0.2, 0.25) is 0 Å². The average Bonchev–Trinajstić information content (AvgIpc) is 3.01. The first-order chi connectivity index (χ1) is 12.7. The van der Waals surface area contributed by atoms with Crippen molar-refractivity contribution in [2.45, 2.75) is 46.3 Å². The Kier molecular flexibility index (Phi) is 7.18. The van der Waals surface area contributed by atoms with Crippen molar-refractivity contribution in [2.24, 2.45) is 5.92 Å². The molecular weight excluding hydrogens is 351 g/mol. The Hall–Kier alpha value is -2.15. The number of nitrogens with one attached hydrogen (secondary N) is 1. The van der Waals surface area contributed by atoms with Gasteiger partial charge in [-0.2, -0.15) is 0 Å². The van der Waals surface area contributed by atoms with Crippen molar-refractivity contribution in [1.29, 1.82) is 0 Å². The van der Waals surface area contributed by atoms with Crippen LogP contribution in [0.2, 0.25) is 0 Å². The summed E-state index contributed by atoms with van der Waals surface area (Å²) in [5.41, 5.74) is 0.252. The third-order valence-corrected chi connectivity index (χ3v) is 4.26. The predicted molar refractivity (Wildman–Crippen MR) is 100.0 cm³/mol. The van der Waals surface area contributed by atoms with Gasteiger partial charge in [0.15, 0.2) is 0 Å². The van der Waals surface area contributed by atoms with Crippen molar-refractivity contribution in [3.05, 3.63) is 35.1 Å². The number of nitrogens with zero attached hydrogens (tertiary/aromatic N) is 1. The van der Waals surface area contributed by atoms with Gasteiger partial charge in [-0.15, -0.1) is 0 Å². The fraction of sp³-hybridized carbons (Fsp3) is 0.600. The summed E-state index contributed by atoms with van der Waals surface area (Å²) in [4.78, 5) is 25.5. The molecule has 0 unspecified atom stereocenters. The second-order valence-corrected chi connectivity index (χ2v) is 7.80. The molecule has 1 N–H and O–H groups in total. The number of amides is 1. The van der Waals surface area contributed by atoms with Crippen LogP contribution in [0.25, 0.3) is 0 Å². The number of ether oxygens (including phenoxy) is 2. The van der Waals surface area contributed by atoms with Crippen LogP contribution < -0.4 is 5.32 Å². The smallest absolute Gasteiger partial charge is 0.407 e. The van der Waals surface area contributed by atoms with Crippen molar-refractivity contribution in [2.75, 3.05) is 26.2 Å². The Morgan fingerprint density at radius 1 is 1.33 bits per heavy atom. The zero-order valence-electron chi connectivity index (χ0n) is 16.5. The van der Waals surface area contributed by atoms with E-state index < -0.39 is 23.5 Å². The molecule has 0 aliphatic carbocycles. The molecule has 0 radical (unpaired) electrons. The molecule has 1 heterocycles. The maximum absolute atomic E-state index is 14.3. The van der Waals surface area contributed by atoms with Gasteiger partial charge in [0.05, 0.1) is 12.2 Å². The molecule has 1 aromatic rings. The summed E-state index contributed by atoms with van der Waals surface area (Å²) in [5.74, 6) is -0.618. The van der Waals surface area contributed by atoms with Crippen molar-refractivity contribution in [1.82, 2.24) is 10.2 Å². The molecule has 0 spiro atoms. The fourth-order valence-corrected chi connectivity index (χ4v) is 3.02. The van der Waals surface area contributed by atoms with Gasteiger partial charge in [-0.3, -0.25) is 4.90 Å². The average molecular weight is 380 g/mol. The van der Waals surface area contributed by atoms with Crippen LogP contribution in [0, 0.1) is 11.7 Å². The topological polar surface area (TPSA) is 67.9 Å². The highest BCUT2D eigenvalue weighted by Crippen LogP contribution is 2.20. The maximum atomic E-state index is 14.3. The lowest BCUT2D eigenvalue weighted by atomic mass is 10.1. The van der Waals surface area contributed by atoms with Crippen molar-refractivity contribution in [3.8, 4) is 0 Å². The van der Waals surface area contributed by atoms with Crippen LogP contribution >= 0.6 is 0 Å². The summed E-state index contributed by atoms with van der Waals surface area (Å²) >= 11 is 0. The van der Waals surface area contributed by atoms with Crippen LogP contribution in [0.1, 0.15) is 50.0 Å². The SMILES string of the molecule is CCOC(=O)c1ccc(CN2CC[C@H](CNC(=O)OC(C)(C)C)C2)c(F)c1. The third kappa shape index (κ3) is 6.82. The van der Waals surface area contributed by atoms with E-state index in [9.17, 15) is 14.0 Å². The summed E-state index contributed by atoms with van der Waals surface area (Å²) in [5, 5.41) is 2.80. The van der Waals surface area contributed by atoms with E-state index in [1.807, 2.05) is 20.8 Å². The summed E-state index contributed by atoms with van der Waals surface area (Å²) in [6.45, 7) is 10.1. The molecule has 1 atom stereocenters. The molecule has 150 valence electrons. The van der Waals surface area contributed by atoms with Gasteiger partial charge < -0.3 is 14.8 Å². The highest BCUT2D eigenvalue weighted by molar-refractivity contribution is 5.89. The summed E-state index contributed by atoms with van der Waals surface area (Å²) in [6.07, 6.45) is 0.514. The number of hydrogen-bond donors (Lipinski definition) is 1. The van der Waals surface area contributed by atoms with Crippen LogP contribution in [0.5, 0.6) is 0 Å². The molecule has 1 aliphatic heterocycles. The lowest BCUT2D eigenvalue weighted by molar-refractivity contribution is 0.0511. The zero-order valence-corrected chi connectivity index (χ0v) is 16.5. The standard InChI is InChI=1S/C20H29FN2O4/c1-5-26-18(24)15-6-7-16(17(21)10-15)13-23-9-8-14(12-23)11-22-19(25)27-20(2,3)4/h6-7,10,14H,5,8-9,11-13H2,1-4H3,(H,22,25)/t14-/m1/s1. The molecule has 1 saturated heterocycles. The van der Waals surface area contributed by atoms with Gasteiger partial charge in [-0.1, -0.05) is 6.07 Å². The van der Waals surface area contributed by atoms with Crippen molar-refractivity contribution < 1.29 is 23.5 Å². The van der Waals surface area contributed by atoms with Gasteiger partial charge >= 0.3 is 12.1 Å². The highest BCUT2D eigenvalue weighted by Gasteiger charge is 2.25. The minimum Gasteiger partial charge on any atom is -0.462 e. The molecule has 1 aromatic carbocycles. The largest absolute Gasteiger partial charge is 0.462 e. The minimum absolute atomic E-state index is 0.221. The van der Waals surface area contributed by atoms with Gasteiger partial charge in [-0.25, -0.2) is 14.0 Å². The Morgan fingerprint density at radius 3 is 2.70 bits per heavy atom. The Balaban J connectivity index is 1.82. The monoisotopic (exact) mass is 380 g/mol. The maximum Gasteiger partial charge on any atom is 0.407 e. The van der Waals surface area contributed by atoms with E-state index in [2.05, 4.69) is 10.2 Å². The second-order valence-electron chi connectivity index (χ2n) is 7.80. The molecule has 0 saturated carbocycles.